The second-order valence-corrected chi connectivity index (χ2v) is 5.51. The Morgan fingerprint density at radius 2 is 2.23 bits per heavy atom. The number of rotatable bonds is 3. The summed E-state index contributed by atoms with van der Waals surface area (Å²) in [6, 6.07) is 0. The fourth-order valence-electron chi connectivity index (χ4n) is 1.66. The van der Waals surface area contributed by atoms with Gasteiger partial charge in [-0.15, -0.1) is 0 Å². The van der Waals surface area contributed by atoms with Gasteiger partial charge in [-0.1, -0.05) is 0 Å². The topological polar surface area (TPSA) is 54.5 Å². The molecule has 4 nitrogen and oxygen atoms in total. The first kappa shape index (κ1) is 10.7. The van der Waals surface area contributed by atoms with Crippen LogP contribution in [0.15, 0.2) is 0 Å². The summed E-state index contributed by atoms with van der Waals surface area (Å²) in [5.74, 6) is 0.223. The molecule has 0 radical (unpaired) electrons. The Kier molecular flexibility index (Phi) is 3.44. The fraction of sp³-hybridized carbons (Fsp3) is 0.875. The molecule has 13 heavy (non-hydrogen) atoms. The van der Waals surface area contributed by atoms with Crippen LogP contribution in [-0.2, 0) is 14.8 Å². The lowest BCUT2D eigenvalue weighted by Gasteiger charge is -2.29. The third kappa shape index (κ3) is 3.08. The Balaban J connectivity index is 2.56. The SMILES string of the molecule is CS(=O)(=O)N1CCCC(CC=O)C1. The molecule has 0 spiro atoms. The van der Waals surface area contributed by atoms with Crippen LogP contribution in [0.4, 0.5) is 0 Å². The Hall–Kier alpha value is -0.420. The number of carbonyl (C=O) groups excluding carboxylic acids is 1. The third-order valence-corrected chi connectivity index (χ3v) is 3.65. The van der Waals surface area contributed by atoms with E-state index in [1.165, 1.54) is 10.6 Å². The van der Waals surface area contributed by atoms with Crippen molar-refractivity contribution in [3.63, 3.8) is 0 Å². The predicted molar refractivity (Wildman–Crippen MR) is 49.8 cm³/mol. The van der Waals surface area contributed by atoms with Gasteiger partial charge in [0.2, 0.25) is 10.0 Å². The molecule has 0 aromatic rings. The molecule has 1 atom stereocenters. The molecule has 1 unspecified atom stereocenters. The molecule has 5 heteroatoms. The highest BCUT2D eigenvalue weighted by Gasteiger charge is 2.25. The lowest BCUT2D eigenvalue weighted by atomic mass is 9.97. The molecule has 0 aromatic heterocycles. The van der Waals surface area contributed by atoms with E-state index < -0.39 is 10.0 Å². The highest BCUT2D eigenvalue weighted by atomic mass is 32.2. The lowest BCUT2D eigenvalue weighted by Crippen LogP contribution is -2.39. The van der Waals surface area contributed by atoms with Crippen LogP contribution in [0.2, 0.25) is 0 Å². The quantitative estimate of drug-likeness (QED) is 0.620. The van der Waals surface area contributed by atoms with E-state index in [0.29, 0.717) is 19.5 Å². The summed E-state index contributed by atoms with van der Waals surface area (Å²) >= 11 is 0. The van der Waals surface area contributed by atoms with Crippen LogP contribution in [0, 0.1) is 5.92 Å². The van der Waals surface area contributed by atoms with Crippen LogP contribution in [0.5, 0.6) is 0 Å². The second-order valence-electron chi connectivity index (χ2n) is 3.53. The molecule has 1 aliphatic heterocycles. The van der Waals surface area contributed by atoms with Gasteiger partial charge in [0, 0.05) is 19.5 Å². The van der Waals surface area contributed by atoms with E-state index in [2.05, 4.69) is 0 Å². The summed E-state index contributed by atoms with van der Waals surface area (Å²) in [4.78, 5) is 10.3. The van der Waals surface area contributed by atoms with Gasteiger partial charge in [-0.3, -0.25) is 0 Å². The summed E-state index contributed by atoms with van der Waals surface area (Å²) in [5, 5.41) is 0. The van der Waals surface area contributed by atoms with Crippen LogP contribution in [0.3, 0.4) is 0 Å². The number of sulfonamides is 1. The van der Waals surface area contributed by atoms with E-state index in [1.807, 2.05) is 0 Å². The van der Waals surface area contributed by atoms with Crippen molar-refractivity contribution in [2.45, 2.75) is 19.3 Å². The van der Waals surface area contributed by atoms with E-state index in [1.54, 1.807) is 0 Å². The van der Waals surface area contributed by atoms with Gasteiger partial charge in [-0.25, -0.2) is 12.7 Å². The normalized spacial score (nSPS) is 25.8. The first-order valence-electron chi connectivity index (χ1n) is 4.43. The number of carbonyl (C=O) groups is 1. The van der Waals surface area contributed by atoms with Gasteiger partial charge in [0.05, 0.1) is 6.26 Å². The van der Waals surface area contributed by atoms with Crippen molar-refractivity contribution in [1.82, 2.24) is 4.31 Å². The molecule has 1 saturated heterocycles. The van der Waals surface area contributed by atoms with Gasteiger partial charge in [0.15, 0.2) is 0 Å². The van der Waals surface area contributed by atoms with Crippen LogP contribution in [0.25, 0.3) is 0 Å². The van der Waals surface area contributed by atoms with E-state index in [0.717, 1.165) is 19.1 Å². The molecule has 1 heterocycles. The van der Waals surface area contributed by atoms with Gasteiger partial charge < -0.3 is 4.79 Å². The lowest BCUT2D eigenvalue weighted by molar-refractivity contribution is -0.108. The fourth-order valence-corrected chi connectivity index (χ4v) is 2.60. The van der Waals surface area contributed by atoms with Gasteiger partial charge in [-0.2, -0.15) is 0 Å². The first-order chi connectivity index (χ1) is 6.04. The molecular weight excluding hydrogens is 190 g/mol. The Morgan fingerprint density at radius 1 is 1.54 bits per heavy atom. The summed E-state index contributed by atoms with van der Waals surface area (Å²) in [6.45, 7) is 1.12. The minimum atomic E-state index is -3.06. The molecule has 0 amide bonds. The Morgan fingerprint density at radius 3 is 2.77 bits per heavy atom. The van der Waals surface area contributed by atoms with E-state index in [9.17, 15) is 13.2 Å². The molecule has 0 aromatic carbocycles. The molecule has 0 saturated carbocycles. The average Bonchev–Trinajstić information content (AvgIpc) is 2.04. The molecule has 1 aliphatic rings. The summed E-state index contributed by atoms with van der Waals surface area (Å²) in [7, 11) is -3.06. The second kappa shape index (κ2) is 4.19. The smallest absolute Gasteiger partial charge is 0.211 e. The standard InChI is InChI=1S/C8H15NO3S/c1-13(11,12)9-5-2-3-8(7-9)4-6-10/h6,8H,2-5,7H2,1H3. The molecule has 1 fully saturated rings. The molecule has 0 N–H and O–H groups in total. The Bertz CT molecular complexity index is 273. The highest BCUT2D eigenvalue weighted by Crippen LogP contribution is 2.20. The van der Waals surface area contributed by atoms with Crippen molar-refractivity contribution in [2.75, 3.05) is 19.3 Å². The minimum absolute atomic E-state index is 0.223. The zero-order valence-electron chi connectivity index (χ0n) is 7.77. The molecular formula is C8H15NO3S. The number of hydrogen-bond acceptors (Lipinski definition) is 3. The van der Waals surface area contributed by atoms with Crippen molar-refractivity contribution >= 4 is 16.3 Å². The Labute approximate surface area is 79.0 Å². The maximum Gasteiger partial charge on any atom is 0.211 e. The van der Waals surface area contributed by atoms with Crippen molar-refractivity contribution < 1.29 is 13.2 Å². The predicted octanol–water partition coefficient (Wildman–Crippen LogP) is 0.247. The average molecular weight is 205 g/mol. The molecule has 1 rings (SSSR count). The third-order valence-electron chi connectivity index (χ3n) is 2.38. The summed E-state index contributed by atoms with van der Waals surface area (Å²) in [6.07, 6.45) is 4.40. The van der Waals surface area contributed by atoms with E-state index in [-0.39, 0.29) is 5.92 Å². The number of aldehydes is 1. The van der Waals surface area contributed by atoms with Crippen LogP contribution in [0.1, 0.15) is 19.3 Å². The number of hydrogen-bond donors (Lipinski definition) is 0. The van der Waals surface area contributed by atoms with Crippen LogP contribution >= 0.6 is 0 Å². The first-order valence-corrected chi connectivity index (χ1v) is 6.27. The van der Waals surface area contributed by atoms with Crippen LogP contribution in [-0.4, -0.2) is 38.4 Å². The molecule has 0 bridgehead atoms. The van der Waals surface area contributed by atoms with Gasteiger partial charge >= 0.3 is 0 Å². The maximum atomic E-state index is 11.2. The van der Waals surface area contributed by atoms with Crippen LogP contribution < -0.4 is 0 Å². The summed E-state index contributed by atoms with van der Waals surface area (Å²) in [5.41, 5.74) is 0. The van der Waals surface area contributed by atoms with Crippen molar-refractivity contribution in [2.24, 2.45) is 5.92 Å². The van der Waals surface area contributed by atoms with Crippen molar-refractivity contribution in [3.05, 3.63) is 0 Å². The monoisotopic (exact) mass is 205 g/mol. The molecule has 76 valence electrons. The van der Waals surface area contributed by atoms with Gasteiger partial charge in [0.25, 0.3) is 0 Å². The summed E-state index contributed by atoms with van der Waals surface area (Å²) < 4.78 is 23.8. The zero-order chi connectivity index (χ0) is 9.90. The van der Waals surface area contributed by atoms with Gasteiger partial charge in [-0.05, 0) is 18.8 Å². The maximum absolute atomic E-state index is 11.2. The highest BCUT2D eigenvalue weighted by molar-refractivity contribution is 7.88. The van der Waals surface area contributed by atoms with Gasteiger partial charge in [0.1, 0.15) is 6.29 Å². The van der Waals surface area contributed by atoms with E-state index in [4.69, 9.17) is 0 Å². The van der Waals surface area contributed by atoms with Crippen molar-refractivity contribution in [3.8, 4) is 0 Å². The largest absolute Gasteiger partial charge is 0.303 e. The van der Waals surface area contributed by atoms with E-state index >= 15 is 0 Å². The number of piperidine rings is 1. The zero-order valence-corrected chi connectivity index (χ0v) is 8.59. The molecule has 0 aliphatic carbocycles. The van der Waals surface area contributed by atoms with Crippen molar-refractivity contribution in [1.29, 1.82) is 0 Å². The number of nitrogens with zero attached hydrogens (tertiary/aromatic N) is 1. The minimum Gasteiger partial charge on any atom is -0.303 e.